The SMILES string of the molecule is Cc1ccc(NC(=O)CN(C)C(=O)C(C)NC2CC2)cc1.Cl. The van der Waals surface area contributed by atoms with Gasteiger partial charge in [0.25, 0.3) is 0 Å². The Hall–Kier alpha value is -1.59. The zero-order chi connectivity index (χ0) is 15.4. The lowest BCUT2D eigenvalue weighted by Gasteiger charge is -2.21. The predicted octanol–water partition coefficient (Wildman–Crippen LogP) is 1.95. The molecular formula is C16H24ClN3O2. The number of amides is 2. The van der Waals surface area contributed by atoms with Crippen LogP contribution < -0.4 is 10.6 Å². The Morgan fingerprint density at radius 3 is 2.41 bits per heavy atom. The van der Waals surface area contributed by atoms with Gasteiger partial charge in [0.05, 0.1) is 12.6 Å². The van der Waals surface area contributed by atoms with Crippen molar-refractivity contribution in [2.45, 2.75) is 38.8 Å². The van der Waals surface area contributed by atoms with Gasteiger partial charge in [0, 0.05) is 18.8 Å². The summed E-state index contributed by atoms with van der Waals surface area (Å²) in [6.45, 7) is 3.89. The van der Waals surface area contributed by atoms with Crippen LogP contribution >= 0.6 is 12.4 Å². The van der Waals surface area contributed by atoms with Crippen LogP contribution in [0.3, 0.4) is 0 Å². The summed E-state index contributed by atoms with van der Waals surface area (Å²) in [7, 11) is 1.65. The molecule has 1 aromatic rings. The molecule has 22 heavy (non-hydrogen) atoms. The van der Waals surface area contributed by atoms with E-state index in [0.717, 1.165) is 24.1 Å². The van der Waals surface area contributed by atoms with Gasteiger partial charge in [-0.1, -0.05) is 17.7 Å². The minimum atomic E-state index is -0.241. The minimum Gasteiger partial charge on any atom is -0.335 e. The van der Waals surface area contributed by atoms with Gasteiger partial charge in [0.2, 0.25) is 11.8 Å². The Balaban J connectivity index is 0.00000242. The number of benzene rings is 1. The number of hydrogen-bond acceptors (Lipinski definition) is 3. The molecule has 5 nitrogen and oxygen atoms in total. The molecule has 1 saturated carbocycles. The van der Waals surface area contributed by atoms with Gasteiger partial charge in [0.15, 0.2) is 0 Å². The van der Waals surface area contributed by atoms with E-state index in [0.29, 0.717) is 6.04 Å². The molecule has 2 N–H and O–H groups in total. The maximum absolute atomic E-state index is 12.1. The van der Waals surface area contributed by atoms with Gasteiger partial charge in [-0.05, 0) is 38.8 Å². The van der Waals surface area contributed by atoms with Crippen LogP contribution in [0.15, 0.2) is 24.3 Å². The summed E-state index contributed by atoms with van der Waals surface area (Å²) in [5.74, 6) is -0.241. The largest absolute Gasteiger partial charge is 0.335 e. The molecule has 0 bridgehead atoms. The highest BCUT2D eigenvalue weighted by Gasteiger charge is 2.27. The summed E-state index contributed by atoms with van der Waals surface area (Å²) < 4.78 is 0. The number of aryl methyl sites for hydroxylation is 1. The Morgan fingerprint density at radius 1 is 1.27 bits per heavy atom. The number of likely N-dealkylation sites (N-methyl/N-ethyl adjacent to an activating group) is 1. The van der Waals surface area contributed by atoms with Crippen LogP contribution in [0.4, 0.5) is 5.69 Å². The average Bonchev–Trinajstić information content (AvgIpc) is 3.24. The molecule has 6 heteroatoms. The molecule has 1 aromatic carbocycles. The standard InChI is InChI=1S/C16H23N3O2.ClH/c1-11-4-6-14(7-5-11)18-15(20)10-19(3)16(21)12(2)17-13-8-9-13;/h4-7,12-13,17H,8-10H2,1-3H3,(H,18,20);1H. The highest BCUT2D eigenvalue weighted by Crippen LogP contribution is 2.19. The summed E-state index contributed by atoms with van der Waals surface area (Å²) >= 11 is 0. The van der Waals surface area contributed by atoms with Gasteiger partial charge in [-0.3, -0.25) is 9.59 Å². The third kappa shape index (κ3) is 5.66. The summed E-state index contributed by atoms with van der Waals surface area (Å²) in [5.41, 5.74) is 1.89. The minimum absolute atomic E-state index is 0. The number of hydrogen-bond donors (Lipinski definition) is 2. The van der Waals surface area contributed by atoms with Crippen LogP contribution in [0, 0.1) is 6.92 Å². The number of nitrogens with one attached hydrogen (secondary N) is 2. The fourth-order valence-electron chi connectivity index (χ4n) is 2.14. The molecule has 1 aliphatic rings. The monoisotopic (exact) mass is 325 g/mol. The first-order valence-corrected chi connectivity index (χ1v) is 7.33. The molecule has 122 valence electrons. The van der Waals surface area contributed by atoms with E-state index in [1.165, 1.54) is 4.90 Å². The first-order chi connectivity index (χ1) is 9.95. The molecule has 1 atom stereocenters. The van der Waals surface area contributed by atoms with E-state index in [2.05, 4.69) is 10.6 Å². The average molecular weight is 326 g/mol. The molecule has 2 rings (SSSR count). The van der Waals surface area contributed by atoms with Gasteiger partial charge >= 0.3 is 0 Å². The van der Waals surface area contributed by atoms with E-state index in [9.17, 15) is 9.59 Å². The first-order valence-electron chi connectivity index (χ1n) is 7.33. The van der Waals surface area contributed by atoms with Crippen molar-refractivity contribution in [1.29, 1.82) is 0 Å². The number of halogens is 1. The smallest absolute Gasteiger partial charge is 0.243 e. The van der Waals surface area contributed by atoms with Crippen LogP contribution in [0.25, 0.3) is 0 Å². The summed E-state index contributed by atoms with van der Waals surface area (Å²) in [5, 5.41) is 6.03. The zero-order valence-electron chi connectivity index (χ0n) is 13.3. The van der Waals surface area contributed by atoms with Crippen molar-refractivity contribution in [3.8, 4) is 0 Å². The number of rotatable bonds is 6. The van der Waals surface area contributed by atoms with Crippen molar-refractivity contribution in [2.75, 3.05) is 18.9 Å². The maximum atomic E-state index is 12.1. The fourth-order valence-corrected chi connectivity index (χ4v) is 2.14. The van der Waals surface area contributed by atoms with E-state index < -0.39 is 0 Å². The van der Waals surface area contributed by atoms with Crippen molar-refractivity contribution in [3.63, 3.8) is 0 Å². The van der Waals surface area contributed by atoms with Crippen LogP contribution in [0.1, 0.15) is 25.3 Å². The lowest BCUT2D eigenvalue weighted by Crippen LogP contribution is -2.46. The van der Waals surface area contributed by atoms with Crippen LogP contribution in [0.5, 0.6) is 0 Å². The lowest BCUT2D eigenvalue weighted by atomic mass is 10.2. The van der Waals surface area contributed by atoms with Crippen LogP contribution in [-0.4, -0.2) is 42.4 Å². The molecule has 0 aromatic heterocycles. The number of nitrogens with zero attached hydrogens (tertiary/aromatic N) is 1. The topological polar surface area (TPSA) is 61.4 Å². The highest BCUT2D eigenvalue weighted by atomic mass is 35.5. The highest BCUT2D eigenvalue weighted by molar-refractivity contribution is 5.95. The molecule has 1 aliphatic carbocycles. The van der Waals surface area contributed by atoms with Gasteiger partial charge < -0.3 is 15.5 Å². The van der Waals surface area contributed by atoms with E-state index in [1.54, 1.807) is 7.05 Å². The molecule has 0 aliphatic heterocycles. The van der Waals surface area contributed by atoms with Crippen LogP contribution in [0.2, 0.25) is 0 Å². The molecule has 0 spiro atoms. The Morgan fingerprint density at radius 2 is 1.86 bits per heavy atom. The second-order valence-electron chi connectivity index (χ2n) is 5.77. The summed E-state index contributed by atoms with van der Waals surface area (Å²) in [6.07, 6.45) is 2.27. The fraction of sp³-hybridized carbons (Fsp3) is 0.500. The maximum Gasteiger partial charge on any atom is 0.243 e. The molecule has 0 radical (unpaired) electrons. The second-order valence-corrected chi connectivity index (χ2v) is 5.77. The molecule has 2 amide bonds. The third-order valence-electron chi connectivity index (χ3n) is 3.53. The van der Waals surface area contributed by atoms with E-state index in [-0.39, 0.29) is 36.8 Å². The predicted molar refractivity (Wildman–Crippen MR) is 90.3 cm³/mol. The van der Waals surface area contributed by atoms with Crippen LogP contribution in [-0.2, 0) is 9.59 Å². The Kier molecular flexibility index (Phi) is 6.84. The molecule has 1 unspecified atom stereocenters. The van der Waals surface area contributed by atoms with E-state index in [4.69, 9.17) is 0 Å². The van der Waals surface area contributed by atoms with Gasteiger partial charge in [-0.25, -0.2) is 0 Å². The van der Waals surface area contributed by atoms with Crippen molar-refractivity contribution in [3.05, 3.63) is 29.8 Å². The van der Waals surface area contributed by atoms with Gasteiger partial charge in [-0.2, -0.15) is 0 Å². The van der Waals surface area contributed by atoms with Gasteiger partial charge in [-0.15, -0.1) is 12.4 Å². The van der Waals surface area contributed by atoms with E-state index in [1.807, 2.05) is 38.1 Å². The third-order valence-corrected chi connectivity index (χ3v) is 3.53. The summed E-state index contributed by atoms with van der Waals surface area (Å²) in [4.78, 5) is 25.5. The van der Waals surface area contributed by atoms with Gasteiger partial charge in [0.1, 0.15) is 0 Å². The normalized spacial score (nSPS) is 14.7. The summed E-state index contributed by atoms with van der Waals surface area (Å²) in [6, 6.07) is 7.81. The zero-order valence-corrected chi connectivity index (χ0v) is 14.1. The lowest BCUT2D eigenvalue weighted by molar-refractivity contribution is -0.134. The molecular weight excluding hydrogens is 302 g/mol. The molecule has 0 saturated heterocycles. The molecule has 0 heterocycles. The second kappa shape index (κ2) is 8.15. The number of carbonyl (C=O) groups is 2. The van der Waals surface area contributed by atoms with Crippen molar-refractivity contribution in [1.82, 2.24) is 10.2 Å². The van der Waals surface area contributed by atoms with Crippen molar-refractivity contribution < 1.29 is 9.59 Å². The molecule has 1 fully saturated rings. The van der Waals surface area contributed by atoms with Crippen molar-refractivity contribution >= 4 is 29.9 Å². The Labute approximate surface area is 137 Å². The van der Waals surface area contributed by atoms with Crippen molar-refractivity contribution in [2.24, 2.45) is 0 Å². The first kappa shape index (κ1) is 18.5. The number of carbonyl (C=O) groups excluding carboxylic acids is 2. The Bertz CT molecular complexity index is 515. The number of anilines is 1. The van der Waals surface area contributed by atoms with E-state index >= 15 is 0 Å². The quantitative estimate of drug-likeness (QED) is 0.840.